The van der Waals surface area contributed by atoms with Gasteiger partial charge in [-0.3, -0.25) is 0 Å². The van der Waals surface area contributed by atoms with Gasteiger partial charge in [0.2, 0.25) is 0 Å². The molecule has 0 saturated heterocycles. The molecule has 0 spiro atoms. The lowest BCUT2D eigenvalue weighted by atomic mass is 10.1. The van der Waals surface area contributed by atoms with Crippen LogP contribution in [-0.4, -0.2) is 27.6 Å². The van der Waals surface area contributed by atoms with Gasteiger partial charge in [0.1, 0.15) is 17.7 Å². The standard InChI is InChI=1S/C11H16BrNO3/c1-14-9-6-8(12)10(15-2)4-7(9)5-11(13)16-3/h4,6,11H,5,13H2,1-3H3. The Morgan fingerprint density at radius 1 is 1.19 bits per heavy atom. The van der Waals surface area contributed by atoms with Gasteiger partial charge in [0.15, 0.2) is 0 Å². The van der Waals surface area contributed by atoms with E-state index in [1.54, 1.807) is 21.3 Å². The third-order valence-electron chi connectivity index (χ3n) is 2.28. The quantitative estimate of drug-likeness (QED) is 0.842. The number of methoxy groups -OCH3 is 3. The number of hydrogen-bond donors (Lipinski definition) is 1. The second-order valence-corrected chi connectivity index (χ2v) is 4.13. The van der Waals surface area contributed by atoms with Gasteiger partial charge in [-0.1, -0.05) is 0 Å². The van der Waals surface area contributed by atoms with Crippen molar-refractivity contribution >= 4 is 15.9 Å². The lowest BCUT2D eigenvalue weighted by Crippen LogP contribution is -2.24. The molecule has 0 amide bonds. The van der Waals surface area contributed by atoms with Gasteiger partial charge in [0.25, 0.3) is 0 Å². The highest BCUT2D eigenvalue weighted by Gasteiger charge is 2.12. The minimum Gasteiger partial charge on any atom is -0.496 e. The van der Waals surface area contributed by atoms with E-state index in [4.69, 9.17) is 19.9 Å². The van der Waals surface area contributed by atoms with Gasteiger partial charge in [-0.2, -0.15) is 0 Å². The van der Waals surface area contributed by atoms with Gasteiger partial charge in [-0.25, -0.2) is 0 Å². The second kappa shape index (κ2) is 6.08. The zero-order valence-corrected chi connectivity index (χ0v) is 11.2. The SMILES string of the molecule is COc1cc(CC(N)OC)c(OC)cc1Br. The van der Waals surface area contributed by atoms with Crippen LogP contribution in [0.4, 0.5) is 0 Å². The van der Waals surface area contributed by atoms with Crippen molar-refractivity contribution in [3.05, 3.63) is 22.2 Å². The number of ether oxygens (including phenoxy) is 3. The molecular weight excluding hydrogens is 274 g/mol. The molecule has 4 nitrogen and oxygen atoms in total. The van der Waals surface area contributed by atoms with Crippen LogP contribution in [-0.2, 0) is 11.2 Å². The molecule has 0 heterocycles. The molecular formula is C11H16BrNO3. The van der Waals surface area contributed by atoms with Crippen LogP contribution in [0, 0.1) is 0 Å². The van der Waals surface area contributed by atoms with Gasteiger partial charge in [0, 0.05) is 19.1 Å². The van der Waals surface area contributed by atoms with Crippen molar-refractivity contribution in [3.8, 4) is 11.5 Å². The highest BCUT2D eigenvalue weighted by Crippen LogP contribution is 2.33. The number of halogens is 1. The fraction of sp³-hybridized carbons (Fsp3) is 0.455. The third kappa shape index (κ3) is 3.10. The fourth-order valence-electron chi connectivity index (χ4n) is 1.38. The van der Waals surface area contributed by atoms with Crippen LogP contribution < -0.4 is 15.2 Å². The molecule has 0 aliphatic carbocycles. The fourth-order valence-corrected chi connectivity index (χ4v) is 1.87. The summed E-state index contributed by atoms with van der Waals surface area (Å²) < 4.78 is 16.4. The lowest BCUT2D eigenvalue weighted by Gasteiger charge is -2.15. The smallest absolute Gasteiger partial charge is 0.133 e. The largest absolute Gasteiger partial charge is 0.496 e. The maximum Gasteiger partial charge on any atom is 0.133 e. The van der Waals surface area contributed by atoms with Gasteiger partial charge >= 0.3 is 0 Å². The van der Waals surface area contributed by atoms with Crippen molar-refractivity contribution in [1.29, 1.82) is 0 Å². The predicted molar refractivity (Wildman–Crippen MR) is 65.9 cm³/mol. The molecule has 16 heavy (non-hydrogen) atoms. The van der Waals surface area contributed by atoms with Crippen LogP contribution >= 0.6 is 15.9 Å². The van der Waals surface area contributed by atoms with Crippen molar-refractivity contribution in [3.63, 3.8) is 0 Å². The maximum atomic E-state index is 5.73. The van der Waals surface area contributed by atoms with Crippen molar-refractivity contribution in [2.24, 2.45) is 5.73 Å². The Labute approximate surface area is 104 Å². The molecule has 0 saturated carbocycles. The first-order valence-corrected chi connectivity index (χ1v) is 5.60. The van der Waals surface area contributed by atoms with Gasteiger partial charge < -0.3 is 19.9 Å². The summed E-state index contributed by atoms with van der Waals surface area (Å²) in [5.41, 5.74) is 6.68. The summed E-state index contributed by atoms with van der Waals surface area (Å²) in [5.74, 6) is 1.51. The molecule has 0 radical (unpaired) electrons. The van der Waals surface area contributed by atoms with Crippen LogP contribution in [0.1, 0.15) is 5.56 Å². The Morgan fingerprint density at radius 2 is 1.81 bits per heavy atom. The number of benzene rings is 1. The van der Waals surface area contributed by atoms with E-state index in [0.29, 0.717) is 6.42 Å². The van der Waals surface area contributed by atoms with Crippen LogP contribution in [0.15, 0.2) is 16.6 Å². The Morgan fingerprint density at radius 3 is 2.31 bits per heavy atom. The molecule has 1 aromatic carbocycles. The van der Waals surface area contributed by atoms with Gasteiger partial charge in [0.05, 0.1) is 18.7 Å². The van der Waals surface area contributed by atoms with Crippen LogP contribution in [0.5, 0.6) is 11.5 Å². The Hall–Kier alpha value is -0.780. The molecule has 0 aliphatic heterocycles. The number of nitrogens with two attached hydrogens (primary N) is 1. The monoisotopic (exact) mass is 289 g/mol. The molecule has 0 fully saturated rings. The summed E-state index contributed by atoms with van der Waals surface area (Å²) in [6.07, 6.45) is 0.225. The first kappa shape index (κ1) is 13.3. The summed E-state index contributed by atoms with van der Waals surface area (Å²) in [4.78, 5) is 0. The zero-order chi connectivity index (χ0) is 12.1. The van der Waals surface area contributed by atoms with E-state index in [-0.39, 0.29) is 6.23 Å². The predicted octanol–water partition coefficient (Wildman–Crippen LogP) is 1.94. The molecule has 90 valence electrons. The van der Waals surface area contributed by atoms with Crippen molar-refractivity contribution in [2.75, 3.05) is 21.3 Å². The van der Waals surface area contributed by atoms with E-state index in [0.717, 1.165) is 21.5 Å². The molecule has 1 unspecified atom stereocenters. The average Bonchev–Trinajstić information content (AvgIpc) is 2.30. The topological polar surface area (TPSA) is 53.7 Å². The molecule has 0 aliphatic rings. The maximum absolute atomic E-state index is 5.73. The van der Waals surface area contributed by atoms with Crippen molar-refractivity contribution < 1.29 is 14.2 Å². The van der Waals surface area contributed by atoms with Crippen molar-refractivity contribution in [1.82, 2.24) is 0 Å². The Bertz CT molecular complexity index is 357. The Kier molecular flexibility index (Phi) is 5.05. The molecule has 0 bridgehead atoms. The highest BCUT2D eigenvalue weighted by molar-refractivity contribution is 9.10. The molecule has 2 N–H and O–H groups in total. The molecule has 1 rings (SSSR count). The van der Waals surface area contributed by atoms with Crippen molar-refractivity contribution in [2.45, 2.75) is 12.6 Å². The van der Waals surface area contributed by atoms with Crippen LogP contribution in [0.2, 0.25) is 0 Å². The molecule has 5 heteroatoms. The van der Waals surface area contributed by atoms with E-state index < -0.39 is 0 Å². The van der Waals surface area contributed by atoms with E-state index in [1.807, 2.05) is 12.1 Å². The summed E-state index contributed by atoms with van der Waals surface area (Å²) in [6, 6.07) is 3.75. The van der Waals surface area contributed by atoms with E-state index in [1.165, 1.54) is 0 Å². The van der Waals surface area contributed by atoms with Crippen LogP contribution in [0.25, 0.3) is 0 Å². The Balaban J connectivity index is 3.04. The van der Waals surface area contributed by atoms with Gasteiger partial charge in [-0.15, -0.1) is 0 Å². The van der Waals surface area contributed by atoms with Gasteiger partial charge in [-0.05, 0) is 28.1 Å². The molecule has 0 aromatic heterocycles. The zero-order valence-electron chi connectivity index (χ0n) is 9.62. The van der Waals surface area contributed by atoms with E-state index >= 15 is 0 Å². The van der Waals surface area contributed by atoms with Crippen LogP contribution in [0.3, 0.4) is 0 Å². The summed E-state index contributed by atoms with van der Waals surface area (Å²) in [6.45, 7) is 0. The minimum atomic E-state index is -0.347. The van der Waals surface area contributed by atoms with E-state index in [9.17, 15) is 0 Å². The third-order valence-corrected chi connectivity index (χ3v) is 2.90. The lowest BCUT2D eigenvalue weighted by molar-refractivity contribution is 0.108. The minimum absolute atomic E-state index is 0.347. The highest BCUT2D eigenvalue weighted by atomic mass is 79.9. The second-order valence-electron chi connectivity index (χ2n) is 3.28. The van der Waals surface area contributed by atoms with E-state index in [2.05, 4.69) is 15.9 Å². The average molecular weight is 290 g/mol. The number of rotatable bonds is 5. The number of hydrogen-bond acceptors (Lipinski definition) is 4. The normalized spacial score (nSPS) is 12.3. The summed E-state index contributed by atoms with van der Waals surface area (Å²) in [5, 5.41) is 0. The summed E-state index contributed by atoms with van der Waals surface area (Å²) >= 11 is 3.40. The summed E-state index contributed by atoms with van der Waals surface area (Å²) in [7, 11) is 4.82. The first-order valence-electron chi connectivity index (χ1n) is 4.81. The molecule has 1 atom stereocenters. The molecule has 1 aromatic rings. The first-order chi connectivity index (χ1) is 7.62.